The monoisotopic (exact) mass is 384 g/mol. The predicted octanol–water partition coefficient (Wildman–Crippen LogP) is 9.08. The van der Waals surface area contributed by atoms with E-state index in [4.69, 9.17) is 0 Å². The van der Waals surface area contributed by atoms with Crippen LogP contribution >= 0.6 is 0 Å². The molecule has 0 aliphatic rings. The zero-order valence-corrected chi connectivity index (χ0v) is 17.7. The molecule has 2 aromatic rings. The maximum absolute atomic E-state index is 3.91. The first-order valence-electron chi connectivity index (χ1n) is 9.86. The first-order chi connectivity index (χ1) is 13.8. The summed E-state index contributed by atoms with van der Waals surface area (Å²) >= 11 is 0. The molecule has 0 spiro atoms. The summed E-state index contributed by atoms with van der Waals surface area (Å²) < 4.78 is 0. The molecule has 0 aliphatic heterocycles. The van der Waals surface area contributed by atoms with Gasteiger partial charge in [-0.05, 0) is 47.3 Å². The third-order valence-corrected chi connectivity index (χ3v) is 4.19. The molecule has 152 valence electrons. The highest BCUT2D eigenvalue weighted by atomic mass is 14.2. The molecule has 2 rings (SSSR count). The molecule has 0 atom stereocenters. The summed E-state index contributed by atoms with van der Waals surface area (Å²) in [5, 5.41) is 0. The van der Waals surface area contributed by atoms with Gasteiger partial charge in [0.2, 0.25) is 0 Å². The number of hydrogen-bond acceptors (Lipinski definition) is 0. The van der Waals surface area contributed by atoms with Gasteiger partial charge in [-0.3, -0.25) is 0 Å². The summed E-state index contributed by atoms with van der Waals surface area (Å²) in [6, 6.07) is 20.8. The Morgan fingerprint density at radius 2 is 0.931 bits per heavy atom. The van der Waals surface area contributed by atoms with Crippen LogP contribution in [0.2, 0.25) is 0 Å². The van der Waals surface area contributed by atoms with Gasteiger partial charge in [-0.2, -0.15) is 0 Å². The molecule has 0 saturated carbocycles. The van der Waals surface area contributed by atoms with Crippen molar-refractivity contribution in [3.05, 3.63) is 133 Å². The minimum atomic E-state index is 0. The lowest BCUT2D eigenvalue weighted by atomic mass is 9.85. The predicted molar refractivity (Wildman–Crippen MR) is 135 cm³/mol. The van der Waals surface area contributed by atoms with E-state index in [0.717, 1.165) is 11.1 Å². The van der Waals surface area contributed by atoms with E-state index >= 15 is 0 Å². The molecule has 0 bridgehead atoms. The number of hydrogen-bond donors (Lipinski definition) is 0. The molecule has 2 aromatic carbocycles. The zero-order chi connectivity index (χ0) is 20.8. The van der Waals surface area contributed by atoms with E-state index in [1.165, 1.54) is 22.3 Å². The third-order valence-electron chi connectivity index (χ3n) is 4.19. The van der Waals surface area contributed by atoms with E-state index in [1.54, 1.807) is 0 Å². The van der Waals surface area contributed by atoms with Gasteiger partial charge < -0.3 is 0 Å². The van der Waals surface area contributed by atoms with Crippen LogP contribution in [-0.4, -0.2) is 0 Å². The molecule has 0 heterocycles. The summed E-state index contributed by atoms with van der Waals surface area (Å²) in [7, 11) is 0. The largest absolute Gasteiger partial charge is 0.0990 e. The molecule has 0 amide bonds. The first-order valence-corrected chi connectivity index (χ1v) is 9.86. The average Bonchev–Trinajstić information content (AvgIpc) is 2.77. The SMILES string of the molecule is C.C=C/C=C(C(=C/C)/C(=C\C)C(=C/C=C)/c1ccccc1)\c1ccccc1.CC. The van der Waals surface area contributed by atoms with Gasteiger partial charge in [0.1, 0.15) is 0 Å². The molecule has 0 aliphatic carbocycles. The van der Waals surface area contributed by atoms with Gasteiger partial charge in [0.15, 0.2) is 0 Å². The lowest BCUT2D eigenvalue weighted by Crippen LogP contribution is -1.98. The molecule has 0 aromatic heterocycles. The smallest absolute Gasteiger partial charge is 0.0109 e. The van der Waals surface area contributed by atoms with Gasteiger partial charge in [-0.25, -0.2) is 0 Å². The van der Waals surface area contributed by atoms with Gasteiger partial charge in [0.05, 0.1) is 0 Å². The maximum atomic E-state index is 3.91. The van der Waals surface area contributed by atoms with Crippen LogP contribution in [-0.2, 0) is 0 Å². The Kier molecular flexibility index (Phi) is 13.3. The maximum Gasteiger partial charge on any atom is -0.0109 e. The van der Waals surface area contributed by atoms with E-state index in [9.17, 15) is 0 Å². The second kappa shape index (κ2) is 14.9. The van der Waals surface area contributed by atoms with Crippen molar-refractivity contribution in [2.24, 2.45) is 0 Å². The molecule has 0 saturated heterocycles. The zero-order valence-electron chi connectivity index (χ0n) is 17.7. The molecule has 0 nitrogen and oxygen atoms in total. The molecule has 0 unspecified atom stereocenters. The average molecular weight is 385 g/mol. The Morgan fingerprint density at radius 3 is 1.17 bits per heavy atom. The second-order valence-corrected chi connectivity index (χ2v) is 5.77. The summed E-state index contributed by atoms with van der Waals surface area (Å²) in [5.74, 6) is 0. The Labute approximate surface area is 179 Å². The highest BCUT2D eigenvalue weighted by Gasteiger charge is 2.15. The van der Waals surface area contributed by atoms with Crippen LogP contribution in [0.4, 0.5) is 0 Å². The van der Waals surface area contributed by atoms with Crippen LogP contribution < -0.4 is 0 Å². The van der Waals surface area contributed by atoms with Crippen molar-refractivity contribution in [3.8, 4) is 0 Å². The molecular formula is C29H36. The van der Waals surface area contributed by atoms with Gasteiger partial charge in [0, 0.05) is 0 Å². The van der Waals surface area contributed by atoms with Crippen LogP contribution in [0.1, 0.15) is 46.2 Å². The number of rotatable bonds is 7. The van der Waals surface area contributed by atoms with Gasteiger partial charge >= 0.3 is 0 Å². The van der Waals surface area contributed by atoms with Crippen LogP contribution in [0.3, 0.4) is 0 Å². The minimum Gasteiger partial charge on any atom is -0.0990 e. The Morgan fingerprint density at radius 1 is 0.621 bits per heavy atom. The van der Waals surface area contributed by atoms with Crippen molar-refractivity contribution in [1.82, 2.24) is 0 Å². The molecule has 0 heteroatoms. The van der Waals surface area contributed by atoms with Crippen molar-refractivity contribution in [3.63, 3.8) is 0 Å². The van der Waals surface area contributed by atoms with Gasteiger partial charge in [-0.15, -0.1) is 0 Å². The van der Waals surface area contributed by atoms with Crippen LogP contribution in [0.5, 0.6) is 0 Å². The summed E-state index contributed by atoms with van der Waals surface area (Å²) in [6.45, 7) is 16.0. The molecule has 0 fully saturated rings. The minimum absolute atomic E-state index is 0. The van der Waals surface area contributed by atoms with E-state index in [1.807, 2.05) is 38.1 Å². The topological polar surface area (TPSA) is 0 Å². The molecule has 0 radical (unpaired) electrons. The summed E-state index contributed by atoms with van der Waals surface area (Å²) in [5.41, 5.74) is 7.01. The fourth-order valence-corrected chi connectivity index (χ4v) is 3.07. The Hall–Kier alpha value is -3.12. The van der Waals surface area contributed by atoms with Crippen LogP contribution in [0, 0.1) is 0 Å². The van der Waals surface area contributed by atoms with E-state index in [0.29, 0.717) is 0 Å². The van der Waals surface area contributed by atoms with E-state index < -0.39 is 0 Å². The number of allylic oxidation sites excluding steroid dienone is 10. The fourth-order valence-electron chi connectivity index (χ4n) is 3.07. The van der Waals surface area contributed by atoms with Crippen molar-refractivity contribution >= 4 is 11.1 Å². The van der Waals surface area contributed by atoms with E-state index in [-0.39, 0.29) is 7.43 Å². The van der Waals surface area contributed by atoms with Gasteiger partial charge in [-0.1, -0.05) is 132 Å². The van der Waals surface area contributed by atoms with Crippen molar-refractivity contribution < 1.29 is 0 Å². The van der Waals surface area contributed by atoms with Crippen molar-refractivity contribution in [2.75, 3.05) is 0 Å². The van der Waals surface area contributed by atoms with Crippen molar-refractivity contribution in [2.45, 2.75) is 35.1 Å². The molecule has 29 heavy (non-hydrogen) atoms. The number of benzene rings is 2. The van der Waals surface area contributed by atoms with Crippen molar-refractivity contribution in [1.29, 1.82) is 0 Å². The first kappa shape index (κ1) is 25.9. The highest BCUT2D eigenvalue weighted by molar-refractivity contribution is 5.95. The lowest BCUT2D eigenvalue weighted by molar-refractivity contribution is 1.45. The van der Waals surface area contributed by atoms with E-state index in [2.05, 4.69) is 99.8 Å². The normalized spacial score (nSPS) is 12.3. The van der Waals surface area contributed by atoms with Crippen LogP contribution in [0.25, 0.3) is 11.1 Å². The second-order valence-electron chi connectivity index (χ2n) is 5.77. The van der Waals surface area contributed by atoms with Gasteiger partial charge in [0.25, 0.3) is 0 Å². The Balaban J connectivity index is 0.00000253. The standard InChI is InChI=1S/C26H26.C2H6.CH4/c1-5-15-25(21-17-11-9-12-18-21)23(7-3)24(8-4)26(16-6-2)22-19-13-10-14-20-22;1-2;/h5-20H,1-2H2,3-4H3;1-2H3;1H4/b23-7+,24-8+,25-15+,26-16+;;. The third kappa shape index (κ3) is 7.08. The lowest BCUT2D eigenvalue weighted by Gasteiger charge is -2.19. The quantitative estimate of drug-likeness (QED) is 0.417. The highest BCUT2D eigenvalue weighted by Crippen LogP contribution is 2.36. The Bertz CT molecular complexity index is 781. The fraction of sp³-hybridized carbons (Fsp3) is 0.172. The summed E-state index contributed by atoms with van der Waals surface area (Å²) in [6.07, 6.45) is 12.2. The molecule has 0 N–H and O–H groups in total. The van der Waals surface area contributed by atoms with Crippen LogP contribution in [0.15, 0.2) is 121 Å². The molecular weight excluding hydrogens is 348 g/mol. The summed E-state index contributed by atoms with van der Waals surface area (Å²) in [4.78, 5) is 0.